The lowest BCUT2D eigenvalue weighted by Crippen LogP contribution is -2.64. The van der Waals surface area contributed by atoms with Crippen LogP contribution in [0.1, 0.15) is 5.69 Å². The molecule has 0 unspecified atom stereocenters. The molecule has 1 aromatic heterocycles. The van der Waals surface area contributed by atoms with Crippen LogP contribution in [0.4, 0.5) is 45.2 Å². The second-order valence-corrected chi connectivity index (χ2v) is 4.88. The van der Waals surface area contributed by atoms with Gasteiger partial charge in [-0.05, 0) is 19.1 Å². The molecular formula is C11H6ClF9N2O. The number of aryl methyl sites for hydroxylation is 1. The fourth-order valence-electron chi connectivity index (χ4n) is 1.43. The standard InChI is InChI=1S/C11H6ClF9N2O/c1-4-2-5(3-6(12)22-4)23-7(24)8(13,14)9(15,16)10(17,18)11(19,20)21/h2-3H,1H3,(H,22,23,24). The fraction of sp³-hybridized carbons (Fsp3) is 0.455. The van der Waals surface area contributed by atoms with Crippen molar-refractivity contribution in [3.63, 3.8) is 0 Å². The smallest absolute Gasteiger partial charge is 0.320 e. The number of hydrogen-bond donors (Lipinski definition) is 1. The Hall–Kier alpha value is -1.72. The monoisotopic (exact) mass is 388 g/mol. The molecule has 24 heavy (non-hydrogen) atoms. The van der Waals surface area contributed by atoms with Gasteiger partial charge < -0.3 is 5.32 Å². The minimum absolute atomic E-state index is 0.0218. The van der Waals surface area contributed by atoms with Crippen molar-refractivity contribution < 1.29 is 44.3 Å². The van der Waals surface area contributed by atoms with Crippen LogP contribution in [0.25, 0.3) is 0 Å². The molecule has 0 aromatic carbocycles. The second kappa shape index (κ2) is 5.97. The lowest BCUT2D eigenvalue weighted by Gasteiger charge is -2.32. The van der Waals surface area contributed by atoms with Crippen molar-refractivity contribution in [2.45, 2.75) is 30.9 Å². The zero-order valence-electron chi connectivity index (χ0n) is 11.3. The van der Waals surface area contributed by atoms with Gasteiger partial charge in [-0.2, -0.15) is 39.5 Å². The van der Waals surface area contributed by atoms with E-state index in [0.717, 1.165) is 11.4 Å². The summed E-state index contributed by atoms with van der Waals surface area (Å²) in [5.41, 5.74) is -0.628. The highest BCUT2D eigenvalue weighted by Gasteiger charge is 2.83. The van der Waals surface area contributed by atoms with Gasteiger partial charge in [0.1, 0.15) is 5.15 Å². The van der Waals surface area contributed by atoms with Crippen molar-refractivity contribution >= 4 is 23.2 Å². The maximum atomic E-state index is 13.3. The van der Waals surface area contributed by atoms with E-state index in [2.05, 4.69) is 4.98 Å². The lowest BCUT2D eigenvalue weighted by atomic mass is 10.0. The van der Waals surface area contributed by atoms with Crippen LogP contribution in [0, 0.1) is 6.92 Å². The van der Waals surface area contributed by atoms with Crippen molar-refractivity contribution in [1.82, 2.24) is 4.98 Å². The third-order valence-electron chi connectivity index (χ3n) is 2.61. The quantitative estimate of drug-likeness (QED) is 0.611. The molecule has 0 aliphatic rings. The van der Waals surface area contributed by atoms with Gasteiger partial charge in [0.05, 0.1) is 0 Å². The molecule has 0 atom stereocenters. The van der Waals surface area contributed by atoms with E-state index in [9.17, 15) is 44.3 Å². The van der Waals surface area contributed by atoms with E-state index in [1.54, 1.807) is 0 Å². The van der Waals surface area contributed by atoms with Gasteiger partial charge in [0, 0.05) is 11.4 Å². The Labute approximate surface area is 132 Å². The van der Waals surface area contributed by atoms with Crippen LogP contribution in [-0.4, -0.2) is 34.8 Å². The van der Waals surface area contributed by atoms with Crippen molar-refractivity contribution in [2.24, 2.45) is 0 Å². The Kier molecular flexibility index (Phi) is 5.06. The Morgan fingerprint density at radius 2 is 1.50 bits per heavy atom. The van der Waals surface area contributed by atoms with E-state index in [1.165, 1.54) is 6.92 Å². The highest BCUT2D eigenvalue weighted by atomic mass is 35.5. The number of carbonyl (C=O) groups excluding carboxylic acids is 1. The topological polar surface area (TPSA) is 42.0 Å². The van der Waals surface area contributed by atoms with Crippen molar-refractivity contribution in [2.75, 3.05) is 5.32 Å². The zero-order chi connectivity index (χ0) is 19.1. The van der Waals surface area contributed by atoms with Crippen LogP contribution in [0.2, 0.25) is 5.15 Å². The molecule has 0 aliphatic carbocycles. The minimum Gasteiger partial charge on any atom is -0.320 e. The molecule has 0 spiro atoms. The average molecular weight is 389 g/mol. The molecule has 0 radical (unpaired) electrons. The van der Waals surface area contributed by atoms with Gasteiger partial charge in [-0.3, -0.25) is 4.79 Å². The molecule has 0 bridgehead atoms. The molecule has 3 nitrogen and oxygen atoms in total. The number of anilines is 1. The van der Waals surface area contributed by atoms with Gasteiger partial charge >= 0.3 is 29.9 Å². The average Bonchev–Trinajstić information content (AvgIpc) is 2.35. The molecule has 1 amide bonds. The summed E-state index contributed by atoms with van der Waals surface area (Å²) < 4.78 is 114. The first kappa shape index (κ1) is 20.3. The van der Waals surface area contributed by atoms with Gasteiger partial charge in [-0.25, -0.2) is 4.98 Å². The number of aromatic nitrogens is 1. The van der Waals surface area contributed by atoms with Crippen molar-refractivity contribution in [1.29, 1.82) is 0 Å². The maximum Gasteiger partial charge on any atom is 0.460 e. The first-order valence-electron chi connectivity index (χ1n) is 5.70. The Balaban J connectivity index is 3.20. The molecule has 0 fully saturated rings. The summed E-state index contributed by atoms with van der Waals surface area (Å²) in [6.07, 6.45) is -7.00. The second-order valence-electron chi connectivity index (χ2n) is 4.49. The number of alkyl halides is 9. The van der Waals surface area contributed by atoms with E-state index in [4.69, 9.17) is 11.6 Å². The number of nitrogens with zero attached hydrogens (tertiary/aromatic N) is 1. The molecule has 1 heterocycles. The molecule has 1 N–H and O–H groups in total. The molecule has 0 saturated carbocycles. The zero-order valence-corrected chi connectivity index (χ0v) is 12.0. The molecule has 13 heteroatoms. The summed E-state index contributed by atoms with van der Waals surface area (Å²) in [4.78, 5) is 14.7. The van der Waals surface area contributed by atoms with Crippen LogP contribution in [0.3, 0.4) is 0 Å². The Morgan fingerprint density at radius 3 is 1.92 bits per heavy atom. The third kappa shape index (κ3) is 3.37. The molecule has 1 rings (SSSR count). The largest absolute Gasteiger partial charge is 0.460 e. The van der Waals surface area contributed by atoms with Crippen LogP contribution < -0.4 is 5.32 Å². The molecule has 136 valence electrons. The summed E-state index contributed by atoms with van der Waals surface area (Å²) in [6, 6.07) is 1.54. The number of halogens is 10. The van der Waals surface area contributed by atoms with Crippen molar-refractivity contribution in [3.8, 4) is 0 Å². The van der Waals surface area contributed by atoms with E-state index in [0.29, 0.717) is 6.07 Å². The Bertz CT molecular complexity index is 625. The predicted octanol–water partition coefficient (Wildman–Crippen LogP) is 4.45. The van der Waals surface area contributed by atoms with E-state index < -0.39 is 35.5 Å². The minimum atomic E-state index is -7.15. The summed E-state index contributed by atoms with van der Waals surface area (Å²) >= 11 is 5.40. The maximum absolute atomic E-state index is 13.3. The van der Waals surface area contributed by atoms with Gasteiger partial charge in [0.2, 0.25) is 0 Å². The van der Waals surface area contributed by atoms with Crippen LogP contribution in [0.5, 0.6) is 0 Å². The SMILES string of the molecule is Cc1cc(NC(=O)C(F)(F)C(F)(F)C(F)(F)C(F)(F)F)cc(Cl)n1. The van der Waals surface area contributed by atoms with E-state index in [-0.39, 0.29) is 10.8 Å². The number of rotatable bonds is 4. The van der Waals surface area contributed by atoms with E-state index >= 15 is 0 Å². The normalized spacial score (nSPS) is 13.8. The fourth-order valence-corrected chi connectivity index (χ4v) is 1.68. The molecular weight excluding hydrogens is 383 g/mol. The van der Waals surface area contributed by atoms with Gasteiger partial charge in [-0.1, -0.05) is 11.6 Å². The molecule has 1 aromatic rings. The molecule has 0 aliphatic heterocycles. The number of amides is 1. The van der Waals surface area contributed by atoms with Crippen molar-refractivity contribution in [3.05, 3.63) is 23.0 Å². The summed E-state index contributed by atoms with van der Waals surface area (Å²) in [5.74, 6) is -23.6. The van der Waals surface area contributed by atoms with Crippen LogP contribution >= 0.6 is 11.6 Å². The third-order valence-corrected chi connectivity index (χ3v) is 2.80. The van der Waals surface area contributed by atoms with Gasteiger partial charge in [0.25, 0.3) is 0 Å². The van der Waals surface area contributed by atoms with Gasteiger partial charge in [0.15, 0.2) is 0 Å². The summed E-state index contributed by atoms with van der Waals surface area (Å²) in [5, 5.41) is 0.725. The predicted molar refractivity (Wildman–Crippen MR) is 63.5 cm³/mol. The summed E-state index contributed by atoms with van der Waals surface area (Å²) in [7, 11) is 0. The molecule has 0 saturated heterocycles. The number of pyridine rings is 1. The lowest BCUT2D eigenvalue weighted by molar-refractivity contribution is -0.388. The first-order chi connectivity index (χ1) is 10.5. The number of hydrogen-bond acceptors (Lipinski definition) is 2. The summed E-state index contributed by atoms with van der Waals surface area (Å²) in [6.45, 7) is 1.26. The Morgan fingerprint density at radius 1 is 1.00 bits per heavy atom. The highest BCUT2D eigenvalue weighted by Crippen LogP contribution is 2.53. The highest BCUT2D eigenvalue weighted by molar-refractivity contribution is 6.29. The van der Waals surface area contributed by atoms with E-state index in [1.807, 2.05) is 0 Å². The first-order valence-corrected chi connectivity index (χ1v) is 6.07. The number of carbonyl (C=O) groups is 1. The van der Waals surface area contributed by atoms with Gasteiger partial charge in [-0.15, -0.1) is 0 Å². The van der Waals surface area contributed by atoms with Crippen LogP contribution in [0.15, 0.2) is 12.1 Å². The number of nitrogens with one attached hydrogen (secondary N) is 1. The van der Waals surface area contributed by atoms with Crippen LogP contribution in [-0.2, 0) is 4.79 Å².